The lowest BCUT2D eigenvalue weighted by Crippen LogP contribution is -2.65. The summed E-state index contributed by atoms with van der Waals surface area (Å²) in [4.78, 5) is 12.5. The van der Waals surface area contributed by atoms with E-state index in [0.29, 0.717) is 12.0 Å². The number of aromatic hydroxyl groups is 2. The molecular weight excluding hydrogens is 692 g/mol. The lowest BCUT2D eigenvalue weighted by Gasteiger charge is -2.47. The molecule has 0 spiro atoms. The van der Waals surface area contributed by atoms with Gasteiger partial charge in [0.15, 0.2) is 18.9 Å². The third-order valence-corrected chi connectivity index (χ3v) is 9.11. The second-order valence-electron chi connectivity index (χ2n) is 12.9. The molecule has 3 aliphatic heterocycles. The fraction of sp³-hybridized carbons (Fsp3) is 0.571. The molecule has 2 aromatic carbocycles. The highest BCUT2D eigenvalue weighted by atomic mass is 16.8. The van der Waals surface area contributed by atoms with Crippen LogP contribution >= 0.6 is 0 Å². The first-order chi connectivity index (χ1) is 24.7. The number of hydrogen-bond donors (Lipinski definition) is 9. The van der Waals surface area contributed by atoms with Gasteiger partial charge in [0.05, 0.1) is 18.8 Å². The van der Waals surface area contributed by atoms with Gasteiger partial charge in [-0.25, -0.2) is 4.79 Å². The summed E-state index contributed by atoms with van der Waals surface area (Å²) in [7, 11) is 0. The van der Waals surface area contributed by atoms with Crippen LogP contribution in [-0.4, -0.2) is 157 Å². The highest BCUT2D eigenvalue weighted by Crippen LogP contribution is 2.33. The van der Waals surface area contributed by atoms with Crippen LogP contribution in [0.5, 0.6) is 11.5 Å². The van der Waals surface area contributed by atoms with E-state index in [4.69, 9.17) is 33.2 Å². The fourth-order valence-corrected chi connectivity index (χ4v) is 6.00. The lowest BCUT2D eigenvalue weighted by molar-refractivity contribution is -0.375. The second kappa shape index (κ2) is 17.7. The second-order valence-corrected chi connectivity index (χ2v) is 12.9. The summed E-state index contributed by atoms with van der Waals surface area (Å²) < 4.78 is 39.7. The van der Waals surface area contributed by atoms with Gasteiger partial charge in [-0.05, 0) is 61.7 Å². The third-order valence-electron chi connectivity index (χ3n) is 9.11. The molecule has 0 radical (unpaired) electrons. The number of rotatable bonds is 12. The van der Waals surface area contributed by atoms with Crippen LogP contribution in [0.25, 0.3) is 6.08 Å². The van der Waals surface area contributed by atoms with Crippen molar-refractivity contribution < 1.29 is 83.9 Å². The van der Waals surface area contributed by atoms with Gasteiger partial charge >= 0.3 is 5.97 Å². The average molecular weight is 739 g/mol. The zero-order chi connectivity index (χ0) is 37.7. The van der Waals surface area contributed by atoms with Gasteiger partial charge < -0.3 is 79.1 Å². The SMILES string of the molecule is C[C@@H]1O[C@@H](O[C@@H]2[C@@H](O)[C@@H](O)[C@H](O[C@@H]3[C@@H](O)[C@H](OCCc4ccc(O)cc4)O[C@H](COC(=O)/C=C/c4ccc(O)cc4)[C@H]3O)O[C@H]2C)[C@H](O)[C@H](O)[C@H]1O. The Balaban J connectivity index is 1.25. The predicted molar refractivity (Wildman–Crippen MR) is 175 cm³/mol. The number of hydrogen-bond acceptors (Lipinski definition) is 17. The van der Waals surface area contributed by atoms with Gasteiger partial charge in [-0.1, -0.05) is 24.3 Å². The molecule has 9 N–H and O–H groups in total. The Kier molecular flexibility index (Phi) is 13.6. The number of carbonyl (C=O) groups excluding carboxylic acids is 1. The van der Waals surface area contributed by atoms with E-state index >= 15 is 0 Å². The summed E-state index contributed by atoms with van der Waals surface area (Å²) in [6.07, 6.45) is -19.5. The maximum absolute atomic E-state index is 12.5. The molecule has 288 valence electrons. The highest BCUT2D eigenvalue weighted by molar-refractivity contribution is 5.87. The van der Waals surface area contributed by atoms with Crippen LogP contribution in [0.2, 0.25) is 0 Å². The zero-order valence-electron chi connectivity index (χ0n) is 28.3. The van der Waals surface area contributed by atoms with Crippen molar-refractivity contribution in [1.29, 1.82) is 0 Å². The van der Waals surface area contributed by atoms with Gasteiger partial charge in [-0.3, -0.25) is 0 Å². The van der Waals surface area contributed by atoms with E-state index in [1.165, 1.54) is 44.2 Å². The highest BCUT2D eigenvalue weighted by Gasteiger charge is 2.53. The number of esters is 1. The molecule has 5 rings (SSSR count). The summed E-state index contributed by atoms with van der Waals surface area (Å²) in [5.74, 6) is -0.664. The van der Waals surface area contributed by atoms with Crippen molar-refractivity contribution in [2.75, 3.05) is 13.2 Å². The van der Waals surface area contributed by atoms with Crippen LogP contribution in [0.15, 0.2) is 54.6 Å². The van der Waals surface area contributed by atoms with Crippen molar-refractivity contribution in [2.45, 2.75) is 112 Å². The van der Waals surface area contributed by atoms with E-state index < -0.39 is 105 Å². The van der Waals surface area contributed by atoms with E-state index in [0.717, 1.165) is 11.6 Å². The summed E-state index contributed by atoms with van der Waals surface area (Å²) in [6.45, 7) is 2.40. The minimum Gasteiger partial charge on any atom is -0.508 e. The number of aliphatic hydroxyl groups excluding tert-OH is 7. The van der Waals surface area contributed by atoms with Crippen molar-refractivity contribution in [3.63, 3.8) is 0 Å². The van der Waals surface area contributed by atoms with Crippen LogP contribution in [0, 0.1) is 0 Å². The van der Waals surface area contributed by atoms with Gasteiger partial charge in [-0.2, -0.15) is 0 Å². The Hall–Kier alpha value is -3.27. The standard InChI is InChI=1S/C35H46O17/c1-16-24(39)26(41)28(43)34(48-16)51-31-17(2)49-35(29(44)27(31)42)52-32-25(40)22(15-47-23(38)12-7-18-3-8-20(36)9-4-18)50-33(30(32)45)46-14-13-19-5-10-21(37)11-6-19/h3-12,16-17,22,24-37,39-45H,13-15H2,1-2H3/b12-7+/t16-,17-,22+,24-,25+,26+,27-,28+,29+,30+,31-,32-,33+,34-,35-/m0/s1. The Bertz CT molecular complexity index is 1460. The van der Waals surface area contributed by atoms with Crippen LogP contribution in [0.4, 0.5) is 0 Å². The van der Waals surface area contributed by atoms with Gasteiger partial charge in [0.25, 0.3) is 0 Å². The molecule has 0 amide bonds. The number of carbonyl (C=O) groups is 1. The molecule has 17 heteroatoms. The van der Waals surface area contributed by atoms with Gasteiger partial charge in [0, 0.05) is 6.08 Å². The van der Waals surface area contributed by atoms with E-state index in [1.807, 2.05) is 0 Å². The summed E-state index contributed by atoms with van der Waals surface area (Å²) >= 11 is 0. The molecule has 52 heavy (non-hydrogen) atoms. The maximum Gasteiger partial charge on any atom is 0.330 e. The van der Waals surface area contributed by atoms with Crippen molar-refractivity contribution in [3.8, 4) is 11.5 Å². The number of ether oxygens (including phenoxy) is 7. The van der Waals surface area contributed by atoms with Crippen molar-refractivity contribution in [3.05, 3.63) is 65.7 Å². The molecule has 2 aromatic rings. The first-order valence-electron chi connectivity index (χ1n) is 16.8. The largest absolute Gasteiger partial charge is 0.508 e. The smallest absolute Gasteiger partial charge is 0.330 e. The molecule has 3 fully saturated rings. The molecule has 3 saturated heterocycles. The molecule has 3 aliphatic rings. The Morgan fingerprint density at radius 3 is 1.88 bits per heavy atom. The normalized spacial score (nSPS) is 38.3. The zero-order valence-corrected chi connectivity index (χ0v) is 28.3. The number of benzene rings is 2. The van der Waals surface area contributed by atoms with Gasteiger partial charge in [0.1, 0.15) is 79.1 Å². The first kappa shape index (κ1) is 39.9. The van der Waals surface area contributed by atoms with Gasteiger partial charge in [-0.15, -0.1) is 0 Å². The predicted octanol–water partition coefficient (Wildman–Crippen LogP) is -1.58. The van der Waals surface area contributed by atoms with Crippen molar-refractivity contribution in [2.24, 2.45) is 0 Å². The molecule has 15 atom stereocenters. The van der Waals surface area contributed by atoms with E-state index in [9.17, 15) is 50.8 Å². The van der Waals surface area contributed by atoms with Crippen LogP contribution in [0.1, 0.15) is 25.0 Å². The number of aliphatic hydroxyl groups is 7. The van der Waals surface area contributed by atoms with Crippen molar-refractivity contribution in [1.82, 2.24) is 0 Å². The Morgan fingerprint density at radius 2 is 1.23 bits per heavy atom. The Labute approximate surface area is 298 Å². The van der Waals surface area contributed by atoms with Crippen LogP contribution in [0.3, 0.4) is 0 Å². The molecular formula is C35H46O17. The molecule has 0 bridgehead atoms. The molecule has 17 nitrogen and oxygen atoms in total. The maximum atomic E-state index is 12.5. The quantitative estimate of drug-likeness (QED) is 0.0879. The lowest BCUT2D eigenvalue weighted by atomic mass is 9.96. The van der Waals surface area contributed by atoms with Crippen molar-refractivity contribution >= 4 is 12.0 Å². The van der Waals surface area contributed by atoms with Crippen LogP contribution in [-0.2, 0) is 44.4 Å². The molecule has 3 heterocycles. The monoisotopic (exact) mass is 738 g/mol. The van der Waals surface area contributed by atoms with E-state index in [1.54, 1.807) is 24.3 Å². The average Bonchev–Trinajstić information content (AvgIpc) is 3.12. The van der Waals surface area contributed by atoms with Gasteiger partial charge in [0.2, 0.25) is 0 Å². The minimum absolute atomic E-state index is 0.00788. The molecule has 0 unspecified atom stereocenters. The summed E-state index contributed by atoms with van der Waals surface area (Å²) in [5.41, 5.74) is 1.40. The first-order valence-corrected chi connectivity index (χ1v) is 16.8. The third kappa shape index (κ3) is 9.63. The summed E-state index contributed by atoms with van der Waals surface area (Å²) in [6, 6.07) is 12.4. The Morgan fingerprint density at radius 1 is 0.654 bits per heavy atom. The van der Waals surface area contributed by atoms with E-state index in [2.05, 4.69) is 0 Å². The summed E-state index contributed by atoms with van der Waals surface area (Å²) in [5, 5.41) is 94.1. The molecule has 0 aliphatic carbocycles. The number of phenols is 2. The van der Waals surface area contributed by atoms with Crippen LogP contribution < -0.4 is 0 Å². The van der Waals surface area contributed by atoms with E-state index in [-0.39, 0.29) is 18.1 Å². The molecule has 0 saturated carbocycles. The number of phenolic OH excluding ortho intramolecular Hbond substituents is 2. The minimum atomic E-state index is -1.84. The molecule has 0 aromatic heterocycles. The topological polar surface area (TPSA) is 264 Å². The fourth-order valence-electron chi connectivity index (χ4n) is 6.00.